The van der Waals surface area contributed by atoms with Gasteiger partial charge in [0.1, 0.15) is 12.4 Å². The quantitative estimate of drug-likeness (QED) is 0.556. The summed E-state index contributed by atoms with van der Waals surface area (Å²) in [5.74, 6) is 1.64. The Morgan fingerprint density at radius 1 is 1.00 bits per heavy atom. The van der Waals surface area contributed by atoms with E-state index in [-0.39, 0.29) is 0 Å². The minimum atomic E-state index is 0.449. The van der Waals surface area contributed by atoms with E-state index in [1.165, 1.54) is 0 Å². The van der Waals surface area contributed by atoms with Crippen LogP contribution in [-0.4, -0.2) is 20.5 Å². The van der Waals surface area contributed by atoms with Crippen LogP contribution in [0.1, 0.15) is 22.8 Å². The zero-order valence-corrected chi connectivity index (χ0v) is 15.5. The lowest BCUT2D eigenvalue weighted by atomic mass is 10.0. The molecule has 3 aromatic rings. The average molecular weight is 422 g/mol. The first kappa shape index (κ1) is 15.8. The van der Waals surface area contributed by atoms with Gasteiger partial charge in [-0.3, -0.25) is 9.56 Å². The summed E-state index contributed by atoms with van der Waals surface area (Å²) in [6.45, 7) is 0.449. The van der Waals surface area contributed by atoms with E-state index in [9.17, 15) is 0 Å². The second-order valence-corrected chi connectivity index (χ2v) is 6.77. The summed E-state index contributed by atoms with van der Waals surface area (Å²) in [6.07, 6.45) is 0. The first-order chi connectivity index (χ1) is 11.7. The third-order valence-electron chi connectivity index (χ3n) is 3.87. The highest BCUT2D eigenvalue weighted by Crippen LogP contribution is 2.29. The number of hydrogen-bond donors (Lipinski definition) is 0. The van der Waals surface area contributed by atoms with Gasteiger partial charge in [0.2, 0.25) is 0 Å². The SMILES string of the molecule is Clc1ccc(C2=NCc3nnc(CBr)n3-c3ccc(Cl)cc32)cc1. The second kappa shape index (κ2) is 6.31. The van der Waals surface area contributed by atoms with Gasteiger partial charge in [-0.1, -0.05) is 51.3 Å². The molecule has 4 nitrogen and oxygen atoms in total. The fraction of sp³-hybridized carbons (Fsp3) is 0.118. The Bertz CT molecular complexity index is 948. The summed E-state index contributed by atoms with van der Waals surface area (Å²) in [6, 6.07) is 13.4. The lowest BCUT2D eigenvalue weighted by Gasteiger charge is -2.13. The van der Waals surface area contributed by atoms with E-state index in [1.807, 2.05) is 47.0 Å². The van der Waals surface area contributed by atoms with Crippen molar-refractivity contribution in [2.45, 2.75) is 11.9 Å². The summed E-state index contributed by atoms with van der Waals surface area (Å²) in [4.78, 5) is 4.77. The summed E-state index contributed by atoms with van der Waals surface area (Å²) in [5, 5.41) is 10.5. The van der Waals surface area contributed by atoms with E-state index in [0.29, 0.717) is 21.9 Å². The smallest absolute Gasteiger partial charge is 0.159 e. The Hall–Kier alpha value is -1.69. The van der Waals surface area contributed by atoms with Crippen molar-refractivity contribution in [2.24, 2.45) is 4.99 Å². The number of aromatic nitrogens is 3. The van der Waals surface area contributed by atoms with Gasteiger partial charge in [0, 0.05) is 21.2 Å². The highest BCUT2D eigenvalue weighted by atomic mass is 79.9. The average Bonchev–Trinajstić information content (AvgIpc) is 2.93. The molecule has 24 heavy (non-hydrogen) atoms. The number of halogens is 3. The van der Waals surface area contributed by atoms with Crippen molar-refractivity contribution in [2.75, 3.05) is 0 Å². The lowest BCUT2D eigenvalue weighted by Crippen LogP contribution is -2.09. The second-order valence-electron chi connectivity index (χ2n) is 5.33. The fourth-order valence-electron chi connectivity index (χ4n) is 2.80. The molecular formula is C17H11BrCl2N4. The molecule has 0 radical (unpaired) electrons. The van der Waals surface area contributed by atoms with Gasteiger partial charge in [-0.25, -0.2) is 0 Å². The van der Waals surface area contributed by atoms with E-state index in [1.54, 1.807) is 0 Å². The van der Waals surface area contributed by atoms with Crippen molar-refractivity contribution in [1.29, 1.82) is 0 Å². The molecule has 0 saturated heterocycles. The molecule has 2 aromatic carbocycles. The van der Waals surface area contributed by atoms with Gasteiger partial charge in [0.25, 0.3) is 0 Å². The standard InChI is InChI=1S/C17H11BrCl2N4/c18-8-15-22-23-16-9-21-17(10-1-3-11(19)4-2-10)13-7-12(20)5-6-14(13)24(15)16/h1-7H,8-9H2. The maximum Gasteiger partial charge on any atom is 0.159 e. The van der Waals surface area contributed by atoms with Crippen LogP contribution in [0.2, 0.25) is 10.0 Å². The Morgan fingerprint density at radius 3 is 2.50 bits per heavy atom. The Morgan fingerprint density at radius 2 is 1.75 bits per heavy atom. The highest BCUT2D eigenvalue weighted by molar-refractivity contribution is 9.08. The zero-order chi connectivity index (χ0) is 16.7. The monoisotopic (exact) mass is 420 g/mol. The lowest BCUT2D eigenvalue weighted by molar-refractivity contribution is 0.860. The molecule has 1 aliphatic rings. The van der Waals surface area contributed by atoms with E-state index < -0.39 is 0 Å². The predicted molar refractivity (Wildman–Crippen MR) is 99.8 cm³/mol. The number of aliphatic imine (C=N–C) groups is 1. The van der Waals surface area contributed by atoms with Crippen LogP contribution in [0.25, 0.3) is 5.69 Å². The molecule has 4 rings (SSSR count). The van der Waals surface area contributed by atoms with Crippen molar-refractivity contribution in [3.63, 3.8) is 0 Å². The summed E-state index contributed by atoms with van der Waals surface area (Å²) in [7, 11) is 0. The molecule has 0 saturated carbocycles. The van der Waals surface area contributed by atoms with Crippen LogP contribution < -0.4 is 0 Å². The van der Waals surface area contributed by atoms with E-state index >= 15 is 0 Å². The molecule has 0 N–H and O–H groups in total. The maximum absolute atomic E-state index is 6.26. The highest BCUT2D eigenvalue weighted by Gasteiger charge is 2.22. The Kier molecular flexibility index (Phi) is 4.16. The van der Waals surface area contributed by atoms with E-state index in [2.05, 4.69) is 26.1 Å². The molecule has 7 heteroatoms. The third kappa shape index (κ3) is 2.66. The zero-order valence-electron chi connectivity index (χ0n) is 12.4. The number of rotatable bonds is 2. The van der Waals surface area contributed by atoms with Gasteiger partial charge in [0.05, 0.1) is 16.7 Å². The molecule has 0 unspecified atom stereocenters. The first-order valence-electron chi connectivity index (χ1n) is 7.27. The fourth-order valence-corrected chi connectivity index (χ4v) is 3.46. The molecule has 1 aromatic heterocycles. The van der Waals surface area contributed by atoms with Crippen LogP contribution in [0, 0.1) is 0 Å². The summed E-state index contributed by atoms with van der Waals surface area (Å²) >= 11 is 15.7. The van der Waals surface area contributed by atoms with Gasteiger partial charge in [-0.2, -0.15) is 0 Å². The van der Waals surface area contributed by atoms with E-state index in [4.69, 9.17) is 28.2 Å². The van der Waals surface area contributed by atoms with Crippen LogP contribution >= 0.6 is 39.1 Å². The topological polar surface area (TPSA) is 43.1 Å². The van der Waals surface area contributed by atoms with Gasteiger partial charge in [-0.05, 0) is 30.3 Å². The minimum absolute atomic E-state index is 0.449. The van der Waals surface area contributed by atoms with Gasteiger partial charge in [0.15, 0.2) is 5.82 Å². The van der Waals surface area contributed by atoms with Crippen molar-refractivity contribution < 1.29 is 0 Å². The summed E-state index contributed by atoms with van der Waals surface area (Å²) < 4.78 is 2.03. The number of alkyl halides is 1. The number of fused-ring (bicyclic) bond motifs is 3. The molecule has 1 aliphatic heterocycles. The summed E-state index contributed by atoms with van der Waals surface area (Å²) in [5.41, 5.74) is 3.78. The van der Waals surface area contributed by atoms with Crippen LogP contribution in [0.5, 0.6) is 0 Å². The molecule has 0 bridgehead atoms. The van der Waals surface area contributed by atoms with E-state index in [0.717, 1.165) is 34.2 Å². The van der Waals surface area contributed by atoms with Gasteiger partial charge < -0.3 is 0 Å². The molecule has 0 spiro atoms. The van der Waals surface area contributed by atoms with Crippen LogP contribution in [0.4, 0.5) is 0 Å². The molecule has 120 valence electrons. The Balaban J connectivity index is 1.97. The van der Waals surface area contributed by atoms with Crippen molar-refractivity contribution in [3.8, 4) is 5.69 Å². The number of benzene rings is 2. The molecular weight excluding hydrogens is 411 g/mol. The molecule has 0 atom stereocenters. The van der Waals surface area contributed by atoms with Crippen LogP contribution in [-0.2, 0) is 11.9 Å². The molecule has 0 amide bonds. The normalized spacial score (nSPS) is 13.0. The largest absolute Gasteiger partial charge is 0.280 e. The third-order valence-corrected chi connectivity index (χ3v) is 4.86. The Labute approximate surface area is 157 Å². The van der Waals surface area contributed by atoms with Crippen molar-refractivity contribution in [1.82, 2.24) is 14.8 Å². The van der Waals surface area contributed by atoms with Crippen LogP contribution in [0.15, 0.2) is 47.5 Å². The van der Waals surface area contributed by atoms with Crippen LogP contribution in [0.3, 0.4) is 0 Å². The molecule has 2 heterocycles. The molecule has 0 fully saturated rings. The van der Waals surface area contributed by atoms with Gasteiger partial charge >= 0.3 is 0 Å². The molecule has 0 aliphatic carbocycles. The maximum atomic E-state index is 6.26. The van der Waals surface area contributed by atoms with Gasteiger partial charge in [-0.15, -0.1) is 10.2 Å². The first-order valence-corrected chi connectivity index (χ1v) is 9.15. The number of hydrogen-bond acceptors (Lipinski definition) is 3. The number of nitrogens with zero attached hydrogens (tertiary/aromatic N) is 4. The van der Waals surface area contributed by atoms with Crippen molar-refractivity contribution in [3.05, 3.63) is 75.3 Å². The minimum Gasteiger partial charge on any atom is -0.280 e. The predicted octanol–water partition coefficient (Wildman–Crippen LogP) is 4.82. The van der Waals surface area contributed by atoms with Crippen molar-refractivity contribution >= 4 is 44.8 Å².